The van der Waals surface area contributed by atoms with Gasteiger partial charge in [-0.2, -0.15) is 0 Å². The molecule has 1 fully saturated rings. The summed E-state index contributed by atoms with van der Waals surface area (Å²) in [7, 11) is 0. The first-order valence-corrected chi connectivity index (χ1v) is 10.2. The van der Waals surface area contributed by atoms with Gasteiger partial charge in [-0.05, 0) is 36.6 Å². The number of nitrogens with zero attached hydrogens (tertiary/aromatic N) is 5. The molecule has 0 radical (unpaired) electrons. The van der Waals surface area contributed by atoms with Crippen LogP contribution in [0, 0.1) is 6.92 Å². The van der Waals surface area contributed by atoms with Crippen molar-refractivity contribution in [2.75, 3.05) is 41.3 Å². The maximum atomic E-state index is 4.70. The van der Waals surface area contributed by atoms with E-state index in [9.17, 15) is 0 Å². The van der Waals surface area contributed by atoms with Crippen molar-refractivity contribution in [3.8, 4) is 0 Å². The Balaban J connectivity index is 1.50. The van der Waals surface area contributed by atoms with Gasteiger partial charge < -0.3 is 15.1 Å². The molecule has 1 N–H and O–H groups in total. The van der Waals surface area contributed by atoms with Crippen LogP contribution < -0.4 is 15.1 Å². The lowest BCUT2D eigenvalue weighted by Crippen LogP contribution is -2.47. The van der Waals surface area contributed by atoms with Crippen molar-refractivity contribution in [2.45, 2.75) is 26.7 Å². The Bertz CT molecular complexity index is 949. The Morgan fingerprint density at radius 3 is 2.24 bits per heavy atom. The van der Waals surface area contributed by atoms with Crippen LogP contribution in [0.1, 0.15) is 31.2 Å². The highest BCUT2D eigenvalue weighted by Crippen LogP contribution is 2.27. The first kappa shape index (κ1) is 19.2. The third kappa shape index (κ3) is 4.47. The molecular formula is C23H28N6. The van der Waals surface area contributed by atoms with Gasteiger partial charge in [0.25, 0.3) is 0 Å². The van der Waals surface area contributed by atoms with Crippen LogP contribution >= 0.6 is 0 Å². The summed E-state index contributed by atoms with van der Waals surface area (Å²) in [6.07, 6.45) is 1.85. The van der Waals surface area contributed by atoms with Crippen molar-refractivity contribution in [3.63, 3.8) is 0 Å². The second-order valence-corrected chi connectivity index (χ2v) is 7.69. The molecule has 3 heterocycles. The molecule has 2 aromatic heterocycles. The van der Waals surface area contributed by atoms with E-state index in [-0.39, 0.29) is 0 Å². The second-order valence-electron chi connectivity index (χ2n) is 7.69. The lowest BCUT2D eigenvalue weighted by atomic mass is 10.0. The molecular weight excluding hydrogens is 360 g/mol. The molecule has 150 valence electrons. The first-order chi connectivity index (χ1) is 14.1. The van der Waals surface area contributed by atoms with Crippen LogP contribution in [0.4, 0.5) is 23.1 Å². The molecule has 0 atom stereocenters. The monoisotopic (exact) mass is 388 g/mol. The van der Waals surface area contributed by atoms with Gasteiger partial charge in [-0.1, -0.05) is 38.1 Å². The highest BCUT2D eigenvalue weighted by atomic mass is 15.3. The van der Waals surface area contributed by atoms with Crippen molar-refractivity contribution in [1.82, 2.24) is 15.0 Å². The average molecular weight is 389 g/mol. The average Bonchev–Trinajstić information content (AvgIpc) is 2.74. The minimum atomic E-state index is 0.445. The van der Waals surface area contributed by atoms with E-state index < -0.39 is 0 Å². The summed E-state index contributed by atoms with van der Waals surface area (Å²) in [5, 5.41) is 3.51. The molecule has 3 aromatic rings. The normalized spacial score (nSPS) is 14.3. The van der Waals surface area contributed by atoms with E-state index in [1.807, 2.05) is 25.3 Å². The van der Waals surface area contributed by atoms with Gasteiger partial charge in [-0.15, -0.1) is 0 Å². The van der Waals surface area contributed by atoms with Crippen LogP contribution in [0.25, 0.3) is 0 Å². The fourth-order valence-electron chi connectivity index (χ4n) is 3.74. The third-order valence-corrected chi connectivity index (χ3v) is 5.25. The topological polar surface area (TPSA) is 57.2 Å². The SMILES string of the molecule is Cc1nc(Nc2ccccc2C(C)C)cc(N2CCN(c3ccccn3)CC2)n1. The molecule has 4 rings (SSSR count). The number of piperazine rings is 1. The Labute approximate surface area is 172 Å². The van der Waals surface area contributed by atoms with Gasteiger partial charge in [-0.3, -0.25) is 0 Å². The van der Waals surface area contributed by atoms with Crippen molar-refractivity contribution in [3.05, 3.63) is 66.1 Å². The zero-order valence-corrected chi connectivity index (χ0v) is 17.3. The standard InChI is InChI=1S/C23H28N6/c1-17(2)19-8-4-5-9-20(19)27-21-16-23(26-18(3)25-21)29-14-12-28(13-15-29)22-10-6-7-11-24-22/h4-11,16-17H,12-15H2,1-3H3,(H,25,26,27). The molecule has 0 unspecified atom stereocenters. The van der Waals surface area contributed by atoms with E-state index >= 15 is 0 Å². The van der Waals surface area contributed by atoms with Crippen molar-refractivity contribution in [1.29, 1.82) is 0 Å². The summed E-state index contributed by atoms with van der Waals surface area (Å²) in [5.41, 5.74) is 2.39. The fraction of sp³-hybridized carbons (Fsp3) is 0.348. The van der Waals surface area contributed by atoms with E-state index in [1.54, 1.807) is 0 Å². The summed E-state index contributed by atoms with van der Waals surface area (Å²) in [5.74, 6) is 4.08. The van der Waals surface area contributed by atoms with Crippen molar-refractivity contribution in [2.24, 2.45) is 0 Å². The van der Waals surface area contributed by atoms with E-state index in [4.69, 9.17) is 4.98 Å². The van der Waals surface area contributed by atoms with Crippen molar-refractivity contribution < 1.29 is 0 Å². The smallest absolute Gasteiger partial charge is 0.136 e. The molecule has 1 aliphatic rings. The zero-order valence-electron chi connectivity index (χ0n) is 17.3. The lowest BCUT2D eigenvalue weighted by Gasteiger charge is -2.36. The number of hydrogen-bond donors (Lipinski definition) is 1. The molecule has 6 heteroatoms. The number of hydrogen-bond acceptors (Lipinski definition) is 6. The van der Waals surface area contributed by atoms with Gasteiger partial charge in [0.15, 0.2) is 0 Å². The maximum absolute atomic E-state index is 4.70. The van der Waals surface area contributed by atoms with E-state index in [2.05, 4.69) is 75.3 Å². The van der Waals surface area contributed by atoms with Gasteiger partial charge in [0.05, 0.1) is 0 Å². The molecule has 0 bridgehead atoms. The second kappa shape index (κ2) is 8.47. The number of rotatable bonds is 5. The van der Waals surface area contributed by atoms with Gasteiger partial charge in [0.1, 0.15) is 23.3 Å². The Kier molecular flexibility index (Phi) is 5.60. The number of aryl methyl sites for hydroxylation is 1. The maximum Gasteiger partial charge on any atom is 0.136 e. The summed E-state index contributed by atoms with van der Waals surface area (Å²) in [6.45, 7) is 10.0. The molecule has 0 spiro atoms. The summed E-state index contributed by atoms with van der Waals surface area (Å²) in [6, 6.07) is 16.5. The van der Waals surface area contributed by atoms with Gasteiger partial charge in [-0.25, -0.2) is 15.0 Å². The Hall–Kier alpha value is -3.15. The molecule has 1 aromatic carbocycles. The predicted octanol–water partition coefficient (Wildman–Crippen LogP) is 4.37. The third-order valence-electron chi connectivity index (χ3n) is 5.25. The molecule has 0 amide bonds. The molecule has 0 saturated carbocycles. The van der Waals surface area contributed by atoms with Crippen LogP contribution in [0.15, 0.2) is 54.7 Å². The summed E-state index contributed by atoms with van der Waals surface area (Å²) < 4.78 is 0. The van der Waals surface area contributed by atoms with Crippen LogP contribution in [0.5, 0.6) is 0 Å². The Morgan fingerprint density at radius 2 is 1.55 bits per heavy atom. The van der Waals surface area contributed by atoms with Crippen LogP contribution in [0.3, 0.4) is 0 Å². The number of aromatic nitrogens is 3. The minimum absolute atomic E-state index is 0.445. The molecule has 1 aliphatic heterocycles. The largest absolute Gasteiger partial charge is 0.353 e. The van der Waals surface area contributed by atoms with E-state index in [1.165, 1.54) is 5.56 Å². The van der Waals surface area contributed by atoms with Gasteiger partial charge in [0.2, 0.25) is 0 Å². The molecule has 1 saturated heterocycles. The highest BCUT2D eigenvalue weighted by Gasteiger charge is 2.20. The lowest BCUT2D eigenvalue weighted by molar-refractivity contribution is 0.640. The van der Waals surface area contributed by atoms with Crippen LogP contribution in [-0.2, 0) is 0 Å². The molecule has 0 aliphatic carbocycles. The Morgan fingerprint density at radius 1 is 0.862 bits per heavy atom. The van der Waals surface area contributed by atoms with Gasteiger partial charge in [0, 0.05) is 44.1 Å². The highest BCUT2D eigenvalue weighted by molar-refractivity contribution is 5.64. The summed E-state index contributed by atoms with van der Waals surface area (Å²) in [4.78, 5) is 18.4. The van der Waals surface area contributed by atoms with Crippen molar-refractivity contribution >= 4 is 23.1 Å². The fourth-order valence-corrected chi connectivity index (χ4v) is 3.74. The van der Waals surface area contributed by atoms with Crippen LogP contribution in [0.2, 0.25) is 0 Å². The predicted molar refractivity (Wildman–Crippen MR) is 119 cm³/mol. The minimum Gasteiger partial charge on any atom is -0.353 e. The van der Waals surface area contributed by atoms with Gasteiger partial charge >= 0.3 is 0 Å². The number of benzene rings is 1. The number of pyridine rings is 1. The van der Waals surface area contributed by atoms with Crippen LogP contribution in [-0.4, -0.2) is 41.1 Å². The molecule has 6 nitrogen and oxygen atoms in total. The quantitative estimate of drug-likeness (QED) is 0.700. The van der Waals surface area contributed by atoms with E-state index in [0.717, 1.165) is 55.1 Å². The number of nitrogens with one attached hydrogen (secondary N) is 1. The summed E-state index contributed by atoms with van der Waals surface area (Å²) >= 11 is 0. The zero-order chi connectivity index (χ0) is 20.2. The number of anilines is 4. The molecule has 29 heavy (non-hydrogen) atoms. The van der Waals surface area contributed by atoms with E-state index in [0.29, 0.717) is 5.92 Å². The number of para-hydroxylation sites is 1. The first-order valence-electron chi connectivity index (χ1n) is 10.2.